The van der Waals surface area contributed by atoms with E-state index < -0.39 is 0 Å². The van der Waals surface area contributed by atoms with Crippen molar-refractivity contribution in [2.24, 2.45) is 0 Å². The summed E-state index contributed by atoms with van der Waals surface area (Å²) in [6, 6.07) is 11.8. The van der Waals surface area contributed by atoms with E-state index in [1.54, 1.807) is 11.9 Å². The summed E-state index contributed by atoms with van der Waals surface area (Å²) in [7, 11) is 1.77. The van der Waals surface area contributed by atoms with E-state index in [2.05, 4.69) is 28.6 Å². The van der Waals surface area contributed by atoms with Crippen LogP contribution in [0.15, 0.2) is 45.3 Å². The van der Waals surface area contributed by atoms with Gasteiger partial charge in [0.2, 0.25) is 5.91 Å². The number of carbonyl (C=O) groups is 1. The molecule has 1 amide bonds. The maximum absolute atomic E-state index is 11.7. The highest BCUT2D eigenvalue weighted by Crippen LogP contribution is 2.24. The van der Waals surface area contributed by atoms with Gasteiger partial charge in [0.1, 0.15) is 11.5 Å². The minimum absolute atomic E-state index is 0.0709. The van der Waals surface area contributed by atoms with Crippen LogP contribution in [-0.2, 0) is 11.3 Å². The summed E-state index contributed by atoms with van der Waals surface area (Å²) < 4.78 is 6.81. The summed E-state index contributed by atoms with van der Waals surface area (Å²) in [4.78, 5) is 13.3. The second-order valence-corrected chi connectivity index (χ2v) is 5.86. The van der Waals surface area contributed by atoms with Gasteiger partial charge in [0, 0.05) is 23.5 Å². The Bertz CT molecular complexity index is 580. The Kier molecular flexibility index (Phi) is 5.31. The van der Waals surface area contributed by atoms with E-state index in [0.717, 1.165) is 21.6 Å². The van der Waals surface area contributed by atoms with Gasteiger partial charge >= 0.3 is 0 Å². The van der Waals surface area contributed by atoms with E-state index >= 15 is 0 Å². The Morgan fingerprint density at radius 1 is 1.25 bits per heavy atom. The quantitative estimate of drug-likeness (QED) is 0.824. The first kappa shape index (κ1) is 15.2. The summed E-state index contributed by atoms with van der Waals surface area (Å²) in [6.45, 7) is 0.475. The van der Waals surface area contributed by atoms with E-state index in [0.29, 0.717) is 18.7 Å². The molecule has 5 heteroatoms. The average Bonchev–Trinajstić information content (AvgIpc) is 2.88. The van der Waals surface area contributed by atoms with Crippen LogP contribution in [0.3, 0.4) is 0 Å². The lowest BCUT2D eigenvalue weighted by atomic mass is 10.2. The van der Waals surface area contributed by atoms with E-state index in [1.165, 1.54) is 0 Å². The van der Waals surface area contributed by atoms with Crippen LogP contribution in [0.5, 0.6) is 0 Å². The number of thiol groups is 1. The molecule has 0 unspecified atom stereocenters. The molecule has 0 aliphatic heterocycles. The van der Waals surface area contributed by atoms with Crippen molar-refractivity contribution < 1.29 is 9.21 Å². The Morgan fingerprint density at radius 3 is 2.60 bits per heavy atom. The first-order valence-electron chi connectivity index (χ1n) is 6.29. The molecule has 1 aromatic carbocycles. The largest absolute Gasteiger partial charge is 0.459 e. The van der Waals surface area contributed by atoms with E-state index in [1.807, 2.05) is 36.4 Å². The van der Waals surface area contributed by atoms with Crippen LogP contribution in [0.25, 0.3) is 11.3 Å². The zero-order chi connectivity index (χ0) is 14.5. The Labute approximate surface area is 132 Å². The number of hydrogen-bond acceptors (Lipinski definition) is 3. The molecule has 0 aliphatic carbocycles. The van der Waals surface area contributed by atoms with Crippen molar-refractivity contribution in [1.82, 2.24) is 4.90 Å². The van der Waals surface area contributed by atoms with E-state index in [4.69, 9.17) is 4.42 Å². The van der Waals surface area contributed by atoms with Crippen molar-refractivity contribution in [2.45, 2.75) is 13.0 Å². The second-order valence-electron chi connectivity index (χ2n) is 4.50. The standard InChI is InChI=1S/C15H16BrNO2S/c1-17(15(18)8-9-20)10-13-6-7-14(19-13)11-2-4-12(16)5-3-11/h2-7,20H,8-10H2,1H3. The fraction of sp³-hybridized carbons (Fsp3) is 0.267. The van der Waals surface area contributed by atoms with Gasteiger partial charge < -0.3 is 9.32 Å². The van der Waals surface area contributed by atoms with Gasteiger partial charge in [-0.05, 0) is 30.0 Å². The van der Waals surface area contributed by atoms with Gasteiger partial charge in [0.05, 0.1) is 6.54 Å². The molecule has 0 saturated carbocycles. The summed E-state index contributed by atoms with van der Waals surface area (Å²) in [5, 5.41) is 0. The second kappa shape index (κ2) is 6.99. The molecule has 0 N–H and O–H groups in total. The highest BCUT2D eigenvalue weighted by Gasteiger charge is 2.11. The minimum Gasteiger partial charge on any atom is -0.459 e. The summed E-state index contributed by atoms with van der Waals surface area (Å²) in [5.74, 6) is 2.22. The van der Waals surface area contributed by atoms with Gasteiger partial charge in [-0.3, -0.25) is 4.79 Å². The molecule has 0 radical (unpaired) electrons. The van der Waals surface area contributed by atoms with Crippen LogP contribution in [0.1, 0.15) is 12.2 Å². The molecular weight excluding hydrogens is 338 g/mol. The Morgan fingerprint density at radius 2 is 1.95 bits per heavy atom. The summed E-state index contributed by atoms with van der Waals surface area (Å²) >= 11 is 7.47. The molecule has 0 atom stereocenters. The molecule has 1 aromatic heterocycles. The number of amides is 1. The third-order valence-corrected chi connectivity index (χ3v) is 3.69. The average molecular weight is 354 g/mol. The first-order valence-corrected chi connectivity index (χ1v) is 7.72. The predicted octanol–water partition coefficient (Wildman–Crippen LogP) is 3.99. The maximum Gasteiger partial charge on any atom is 0.223 e. The molecule has 106 valence electrons. The fourth-order valence-corrected chi connectivity index (χ4v) is 2.30. The topological polar surface area (TPSA) is 33.5 Å². The molecule has 2 aromatic rings. The normalized spacial score (nSPS) is 10.6. The molecule has 2 rings (SSSR count). The van der Waals surface area contributed by atoms with Crippen LogP contribution in [-0.4, -0.2) is 23.6 Å². The van der Waals surface area contributed by atoms with Crippen molar-refractivity contribution in [3.05, 3.63) is 46.6 Å². The molecule has 0 saturated heterocycles. The number of furan rings is 1. The van der Waals surface area contributed by atoms with Crippen molar-refractivity contribution in [2.75, 3.05) is 12.8 Å². The fourth-order valence-electron chi connectivity index (χ4n) is 1.84. The molecule has 1 heterocycles. The van der Waals surface area contributed by atoms with Crippen LogP contribution in [0.4, 0.5) is 0 Å². The minimum atomic E-state index is 0.0709. The molecular formula is C15H16BrNO2S. The van der Waals surface area contributed by atoms with Gasteiger partial charge in [0.15, 0.2) is 0 Å². The highest BCUT2D eigenvalue weighted by atomic mass is 79.9. The van der Waals surface area contributed by atoms with Crippen molar-refractivity contribution in [3.8, 4) is 11.3 Å². The molecule has 20 heavy (non-hydrogen) atoms. The predicted molar refractivity (Wildman–Crippen MR) is 86.8 cm³/mol. The van der Waals surface area contributed by atoms with Crippen molar-refractivity contribution in [1.29, 1.82) is 0 Å². The zero-order valence-corrected chi connectivity index (χ0v) is 13.7. The molecule has 0 bridgehead atoms. The van der Waals surface area contributed by atoms with Gasteiger partial charge in [-0.1, -0.05) is 28.1 Å². The smallest absolute Gasteiger partial charge is 0.223 e. The lowest BCUT2D eigenvalue weighted by Crippen LogP contribution is -2.25. The number of halogens is 1. The molecule has 0 aliphatic rings. The van der Waals surface area contributed by atoms with Gasteiger partial charge in [-0.25, -0.2) is 0 Å². The number of nitrogens with zero attached hydrogens (tertiary/aromatic N) is 1. The Hall–Kier alpha value is -1.20. The third-order valence-electron chi connectivity index (χ3n) is 2.93. The first-order chi connectivity index (χ1) is 9.60. The van der Waals surface area contributed by atoms with Crippen molar-refractivity contribution >= 4 is 34.5 Å². The summed E-state index contributed by atoms with van der Waals surface area (Å²) in [6.07, 6.45) is 0.444. The lowest BCUT2D eigenvalue weighted by molar-refractivity contribution is -0.130. The van der Waals surface area contributed by atoms with Gasteiger partial charge in [0.25, 0.3) is 0 Å². The van der Waals surface area contributed by atoms with Crippen LogP contribution >= 0.6 is 28.6 Å². The molecule has 0 fully saturated rings. The van der Waals surface area contributed by atoms with Crippen LogP contribution in [0.2, 0.25) is 0 Å². The van der Waals surface area contributed by atoms with Gasteiger partial charge in [-0.2, -0.15) is 12.6 Å². The van der Waals surface area contributed by atoms with Crippen molar-refractivity contribution in [3.63, 3.8) is 0 Å². The SMILES string of the molecule is CN(Cc1ccc(-c2ccc(Br)cc2)o1)C(=O)CCS. The Balaban J connectivity index is 2.05. The number of carbonyl (C=O) groups excluding carboxylic acids is 1. The van der Waals surface area contributed by atoms with E-state index in [9.17, 15) is 4.79 Å². The van der Waals surface area contributed by atoms with Crippen LogP contribution in [0, 0.1) is 0 Å². The molecule has 3 nitrogen and oxygen atoms in total. The van der Waals surface area contributed by atoms with Gasteiger partial charge in [-0.15, -0.1) is 0 Å². The zero-order valence-electron chi connectivity index (χ0n) is 11.2. The lowest BCUT2D eigenvalue weighted by Gasteiger charge is -2.14. The van der Waals surface area contributed by atoms with Crippen LogP contribution < -0.4 is 0 Å². The van der Waals surface area contributed by atoms with E-state index in [-0.39, 0.29) is 5.91 Å². The highest BCUT2D eigenvalue weighted by molar-refractivity contribution is 9.10. The maximum atomic E-state index is 11.7. The number of rotatable bonds is 5. The number of hydrogen-bond donors (Lipinski definition) is 1. The molecule has 0 spiro atoms. The monoisotopic (exact) mass is 353 g/mol. The third kappa shape index (κ3) is 3.90. The summed E-state index contributed by atoms with van der Waals surface area (Å²) in [5.41, 5.74) is 1.02. The number of benzene rings is 1.